The molecule has 0 aliphatic heterocycles. The van der Waals surface area contributed by atoms with Gasteiger partial charge in [-0.1, -0.05) is 31.4 Å². The van der Waals surface area contributed by atoms with Gasteiger partial charge in [0.1, 0.15) is 5.54 Å². The lowest BCUT2D eigenvalue weighted by Gasteiger charge is -2.34. The average Bonchev–Trinajstić information content (AvgIpc) is 2.40. The zero-order valence-electron chi connectivity index (χ0n) is 11.2. The molecule has 0 radical (unpaired) electrons. The monoisotopic (exact) mass is 243 g/mol. The maximum atomic E-state index is 9.51. The number of rotatable bonds is 3. The predicted octanol–water partition coefficient (Wildman–Crippen LogP) is 3.39. The Labute approximate surface area is 109 Å². The first kappa shape index (κ1) is 12.8. The van der Waals surface area contributed by atoms with E-state index in [1.165, 1.54) is 6.42 Å². The maximum absolute atomic E-state index is 9.51. The second-order valence-electron chi connectivity index (χ2n) is 5.29. The molecule has 0 atom stereocenters. The number of nitrogens with zero attached hydrogens (tertiary/aromatic N) is 2. The molecule has 0 unspecified atom stereocenters. The van der Waals surface area contributed by atoms with E-state index in [1.54, 1.807) is 0 Å². The summed E-state index contributed by atoms with van der Waals surface area (Å²) in [6, 6.07) is 10.7. The van der Waals surface area contributed by atoms with Crippen LogP contribution < -0.4 is 10.2 Å². The third kappa shape index (κ3) is 2.59. The summed E-state index contributed by atoms with van der Waals surface area (Å²) < 4.78 is 0. The second-order valence-corrected chi connectivity index (χ2v) is 5.29. The number of anilines is 2. The minimum Gasteiger partial charge on any atom is -0.376 e. The lowest BCUT2D eigenvalue weighted by Crippen LogP contribution is -2.39. The van der Waals surface area contributed by atoms with Gasteiger partial charge in [-0.2, -0.15) is 5.26 Å². The number of hydrogen-bond acceptors (Lipinski definition) is 3. The lowest BCUT2D eigenvalue weighted by atomic mass is 9.82. The van der Waals surface area contributed by atoms with Crippen molar-refractivity contribution < 1.29 is 0 Å². The molecule has 96 valence electrons. The summed E-state index contributed by atoms with van der Waals surface area (Å²) in [6.45, 7) is 0. The Balaban J connectivity index is 2.25. The van der Waals surface area contributed by atoms with E-state index in [9.17, 15) is 5.26 Å². The predicted molar refractivity (Wildman–Crippen MR) is 75.8 cm³/mol. The summed E-state index contributed by atoms with van der Waals surface area (Å²) in [5.74, 6) is 0. The van der Waals surface area contributed by atoms with E-state index >= 15 is 0 Å². The van der Waals surface area contributed by atoms with Crippen molar-refractivity contribution in [3.8, 4) is 6.07 Å². The zero-order valence-corrected chi connectivity index (χ0v) is 11.2. The molecule has 3 nitrogen and oxygen atoms in total. The van der Waals surface area contributed by atoms with Crippen molar-refractivity contribution in [2.75, 3.05) is 24.3 Å². The Bertz CT molecular complexity index is 439. The van der Waals surface area contributed by atoms with Gasteiger partial charge in [-0.05, 0) is 25.0 Å². The third-order valence-corrected chi connectivity index (χ3v) is 3.68. The molecule has 0 aromatic heterocycles. The van der Waals surface area contributed by atoms with Crippen LogP contribution in [-0.2, 0) is 0 Å². The van der Waals surface area contributed by atoms with Crippen molar-refractivity contribution in [3.05, 3.63) is 24.3 Å². The van der Waals surface area contributed by atoms with Gasteiger partial charge in [0.05, 0.1) is 17.4 Å². The normalized spacial score (nSPS) is 17.8. The minimum atomic E-state index is -0.371. The number of nitriles is 1. The van der Waals surface area contributed by atoms with Gasteiger partial charge in [0.2, 0.25) is 0 Å². The Morgan fingerprint density at radius 2 is 1.83 bits per heavy atom. The van der Waals surface area contributed by atoms with Crippen LogP contribution in [0.1, 0.15) is 32.1 Å². The van der Waals surface area contributed by atoms with Gasteiger partial charge >= 0.3 is 0 Å². The molecule has 0 heterocycles. The molecule has 0 spiro atoms. The number of para-hydroxylation sites is 2. The van der Waals surface area contributed by atoms with Crippen LogP contribution in [0.3, 0.4) is 0 Å². The quantitative estimate of drug-likeness (QED) is 0.884. The average molecular weight is 243 g/mol. The van der Waals surface area contributed by atoms with Crippen LogP contribution in [0.25, 0.3) is 0 Å². The number of benzene rings is 1. The maximum Gasteiger partial charge on any atom is 0.125 e. The highest BCUT2D eigenvalue weighted by atomic mass is 15.1. The standard InChI is InChI=1S/C15H21N3/c1-18(2)14-9-5-4-8-13(14)17-15(12-16)10-6-3-7-11-15/h4-5,8-9,17H,3,6-7,10-11H2,1-2H3. The lowest BCUT2D eigenvalue weighted by molar-refractivity contribution is 0.393. The second kappa shape index (κ2) is 5.30. The van der Waals surface area contributed by atoms with E-state index in [0.717, 1.165) is 37.1 Å². The van der Waals surface area contributed by atoms with E-state index in [4.69, 9.17) is 0 Å². The van der Waals surface area contributed by atoms with Gasteiger partial charge in [-0.25, -0.2) is 0 Å². The molecule has 1 aromatic rings. The number of hydrogen-bond donors (Lipinski definition) is 1. The third-order valence-electron chi connectivity index (χ3n) is 3.68. The van der Waals surface area contributed by atoms with E-state index < -0.39 is 0 Å². The summed E-state index contributed by atoms with van der Waals surface area (Å²) in [6.07, 6.45) is 5.44. The fraction of sp³-hybridized carbons (Fsp3) is 0.533. The molecule has 0 amide bonds. The fourth-order valence-corrected chi connectivity index (χ4v) is 2.65. The highest BCUT2D eigenvalue weighted by Crippen LogP contribution is 2.34. The van der Waals surface area contributed by atoms with Crippen molar-refractivity contribution in [1.29, 1.82) is 5.26 Å². The molecular weight excluding hydrogens is 222 g/mol. The van der Waals surface area contributed by atoms with Gasteiger partial charge < -0.3 is 10.2 Å². The van der Waals surface area contributed by atoms with Crippen LogP contribution >= 0.6 is 0 Å². The Kier molecular flexibility index (Phi) is 3.76. The van der Waals surface area contributed by atoms with Crippen LogP contribution in [0.4, 0.5) is 11.4 Å². The highest BCUT2D eigenvalue weighted by molar-refractivity contribution is 5.70. The largest absolute Gasteiger partial charge is 0.376 e. The van der Waals surface area contributed by atoms with E-state index in [-0.39, 0.29) is 5.54 Å². The van der Waals surface area contributed by atoms with Crippen molar-refractivity contribution in [1.82, 2.24) is 0 Å². The van der Waals surface area contributed by atoms with Gasteiger partial charge in [0, 0.05) is 14.1 Å². The smallest absolute Gasteiger partial charge is 0.125 e. The van der Waals surface area contributed by atoms with Crippen molar-refractivity contribution in [2.24, 2.45) is 0 Å². The molecule has 1 aliphatic carbocycles. The molecule has 0 saturated heterocycles. The topological polar surface area (TPSA) is 39.1 Å². The van der Waals surface area contributed by atoms with Gasteiger partial charge in [0.25, 0.3) is 0 Å². The molecule has 2 rings (SSSR count). The van der Waals surface area contributed by atoms with Crippen LogP contribution in [0, 0.1) is 11.3 Å². The van der Waals surface area contributed by atoms with E-state index in [0.29, 0.717) is 0 Å². The van der Waals surface area contributed by atoms with E-state index in [2.05, 4.69) is 28.4 Å². The minimum absolute atomic E-state index is 0.371. The Morgan fingerprint density at radius 1 is 1.17 bits per heavy atom. The molecule has 0 bridgehead atoms. The van der Waals surface area contributed by atoms with Crippen LogP contribution in [0.5, 0.6) is 0 Å². The summed E-state index contributed by atoms with van der Waals surface area (Å²) in [5, 5.41) is 13.0. The Hall–Kier alpha value is -1.69. The van der Waals surface area contributed by atoms with Crippen molar-refractivity contribution >= 4 is 11.4 Å². The summed E-state index contributed by atoms with van der Waals surface area (Å²) in [5.41, 5.74) is 1.83. The Morgan fingerprint density at radius 3 is 2.44 bits per heavy atom. The molecule has 18 heavy (non-hydrogen) atoms. The first-order valence-corrected chi connectivity index (χ1v) is 6.63. The molecule has 1 aliphatic rings. The molecule has 1 fully saturated rings. The van der Waals surface area contributed by atoms with Crippen molar-refractivity contribution in [3.63, 3.8) is 0 Å². The zero-order chi connectivity index (χ0) is 13.0. The van der Waals surface area contributed by atoms with Gasteiger partial charge in [-0.15, -0.1) is 0 Å². The molecule has 1 saturated carbocycles. The van der Waals surface area contributed by atoms with Crippen LogP contribution in [0.15, 0.2) is 24.3 Å². The van der Waals surface area contributed by atoms with Gasteiger partial charge in [-0.3, -0.25) is 0 Å². The summed E-state index contributed by atoms with van der Waals surface area (Å²) in [7, 11) is 4.06. The molecule has 1 aromatic carbocycles. The van der Waals surface area contributed by atoms with Gasteiger partial charge in [0.15, 0.2) is 0 Å². The number of nitrogens with one attached hydrogen (secondary N) is 1. The SMILES string of the molecule is CN(C)c1ccccc1NC1(C#N)CCCCC1. The molecule has 3 heteroatoms. The first-order valence-electron chi connectivity index (χ1n) is 6.63. The van der Waals surface area contributed by atoms with Crippen molar-refractivity contribution in [2.45, 2.75) is 37.6 Å². The summed E-state index contributed by atoms with van der Waals surface area (Å²) >= 11 is 0. The van der Waals surface area contributed by atoms with Crippen LogP contribution in [-0.4, -0.2) is 19.6 Å². The fourth-order valence-electron chi connectivity index (χ4n) is 2.65. The first-order chi connectivity index (χ1) is 8.67. The highest BCUT2D eigenvalue weighted by Gasteiger charge is 2.32. The molecular formula is C15H21N3. The summed E-state index contributed by atoms with van der Waals surface area (Å²) in [4.78, 5) is 2.08. The van der Waals surface area contributed by atoms with E-state index in [1.807, 2.05) is 26.2 Å². The molecule has 1 N–H and O–H groups in total. The van der Waals surface area contributed by atoms with Crippen LogP contribution in [0.2, 0.25) is 0 Å².